The molecule has 0 fully saturated rings. The number of benzene rings is 2. The molecule has 6 heterocycles. The number of ether oxygens (including phenoxy) is 4. The molecule has 0 aliphatic rings. The number of allylic oxidation sites excluding steroid dienone is 2. The summed E-state index contributed by atoms with van der Waals surface area (Å²) in [6.45, 7) is 14.1. The zero-order chi connectivity index (χ0) is 51.2. The van der Waals surface area contributed by atoms with Crippen LogP contribution in [0.5, 0.6) is 11.5 Å². The van der Waals surface area contributed by atoms with E-state index >= 15 is 0 Å². The summed E-state index contributed by atoms with van der Waals surface area (Å²) >= 11 is 0. The van der Waals surface area contributed by atoms with Crippen molar-refractivity contribution in [2.45, 2.75) is 87.1 Å². The minimum absolute atomic E-state index is 0.0417. The van der Waals surface area contributed by atoms with Gasteiger partial charge in [0.05, 0.1) is 47.9 Å². The molecule has 0 bridgehead atoms. The topological polar surface area (TPSA) is 271 Å². The van der Waals surface area contributed by atoms with E-state index in [0.29, 0.717) is 113 Å². The number of aromatic nitrogens is 11. The number of nitrogens with two attached hydrogens (primary N) is 2. The Morgan fingerprint density at radius 1 is 0.653 bits per heavy atom. The van der Waals surface area contributed by atoms with Crippen LogP contribution in [0.1, 0.15) is 92.4 Å². The molecule has 0 saturated heterocycles. The van der Waals surface area contributed by atoms with E-state index in [1.165, 1.54) is 12.1 Å². The lowest BCUT2D eigenvalue weighted by molar-refractivity contribution is 0.0471. The Labute approximate surface area is 413 Å². The molecule has 0 aliphatic carbocycles. The Kier molecular flexibility index (Phi) is 15.1. The summed E-state index contributed by atoms with van der Waals surface area (Å²) < 4.78 is 32.3. The molecule has 72 heavy (non-hydrogen) atoms. The molecule has 0 spiro atoms. The molecular weight excluding hydrogens is 925 g/mol. The second-order valence-electron chi connectivity index (χ2n) is 16.9. The predicted molar refractivity (Wildman–Crippen MR) is 268 cm³/mol. The van der Waals surface area contributed by atoms with Crippen LogP contribution in [0.25, 0.3) is 44.5 Å². The fourth-order valence-corrected chi connectivity index (χ4v) is 8.55. The second-order valence-corrected chi connectivity index (χ2v) is 16.9. The number of carbonyl (C=O) groups is 4. The van der Waals surface area contributed by atoms with E-state index in [4.69, 9.17) is 45.4 Å². The minimum atomic E-state index is -0.710. The summed E-state index contributed by atoms with van der Waals surface area (Å²) in [6.07, 6.45) is 6.46. The van der Waals surface area contributed by atoms with Crippen molar-refractivity contribution in [1.29, 1.82) is 0 Å². The third-order valence-corrected chi connectivity index (χ3v) is 11.8. The van der Waals surface area contributed by atoms with Gasteiger partial charge in [-0.3, -0.25) is 33.7 Å². The van der Waals surface area contributed by atoms with Gasteiger partial charge in [0.2, 0.25) is 17.8 Å². The molecule has 5 N–H and O–H groups in total. The highest BCUT2D eigenvalue weighted by Gasteiger charge is 2.24. The molecule has 376 valence electrons. The highest BCUT2D eigenvalue weighted by atomic mass is 16.5. The molecule has 3 amide bonds. The molecule has 22 nitrogen and oxygen atoms in total. The molecule has 2 aromatic carbocycles. The molecule has 8 aromatic rings. The molecule has 0 unspecified atom stereocenters. The van der Waals surface area contributed by atoms with Gasteiger partial charge in [-0.1, -0.05) is 12.2 Å². The van der Waals surface area contributed by atoms with Gasteiger partial charge in [0.25, 0.3) is 5.91 Å². The van der Waals surface area contributed by atoms with E-state index in [9.17, 15) is 19.2 Å². The predicted octanol–water partition coefficient (Wildman–Crippen LogP) is 5.92. The quantitative estimate of drug-likeness (QED) is 0.0381. The highest BCUT2D eigenvalue weighted by Crippen LogP contribution is 2.37. The summed E-state index contributed by atoms with van der Waals surface area (Å²) in [5.41, 5.74) is 17.7. The van der Waals surface area contributed by atoms with Crippen LogP contribution in [0.15, 0.2) is 60.8 Å². The van der Waals surface area contributed by atoms with Crippen molar-refractivity contribution in [3.63, 3.8) is 0 Å². The Balaban J connectivity index is 1.18. The number of nitrogens with zero attached hydrogens (tertiary/aromatic N) is 11. The van der Waals surface area contributed by atoms with Gasteiger partial charge in [0.15, 0.2) is 5.82 Å². The molecule has 0 atom stereocenters. The van der Waals surface area contributed by atoms with E-state index < -0.39 is 23.7 Å². The first kappa shape index (κ1) is 50.0. The number of methoxy groups -OCH3 is 1. The smallest absolute Gasteiger partial charge is 0.356 e. The van der Waals surface area contributed by atoms with Crippen LogP contribution < -0.4 is 26.3 Å². The molecule has 0 radical (unpaired) electrons. The van der Waals surface area contributed by atoms with Crippen LogP contribution in [0, 0.1) is 20.8 Å². The van der Waals surface area contributed by atoms with Crippen LogP contribution in [0.2, 0.25) is 0 Å². The van der Waals surface area contributed by atoms with Crippen molar-refractivity contribution in [1.82, 2.24) is 53.4 Å². The third kappa shape index (κ3) is 10.4. The molecule has 8 rings (SSSR count). The zero-order valence-corrected chi connectivity index (χ0v) is 41.4. The number of amides is 3. The van der Waals surface area contributed by atoms with E-state index in [-0.39, 0.29) is 49.1 Å². The van der Waals surface area contributed by atoms with E-state index in [1.807, 2.05) is 55.2 Å². The minimum Gasteiger partial charge on any atom is -0.491 e. The maximum absolute atomic E-state index is 14.0. The average molecular weight is 983 g/mol. The van der Waals surface area contributed by atoms with Crippen LogP contribution >= 0.6 is 0 Å². The zero-order valence-electron chi connectivity index (χ0n) is 41.4. The number of rotatable bonds is 23. The third-order valence-electron chi connectivity index (χ3n) is 11.8. The van der Waals surface area contributed by atoms with Crippen molar-refractivity contribution in [3.8, 4) is 23.0 Å². The normalized spacial score (nSPS) is 11.7. The van der Waals surface area contributed by atoms with Crippen LogP contribution in [-0.2, 0) is 42.2 Å². The van der Waals surface area contributed by atoms with Crippen LogP contribution in [0.4, 0.5) is 5.95 Å². The van der Waals surface area contributed by atoms with Crippen molar-refractivity contribution in [3.05, 3.63) is 100 Å². The molecule has 22 heteroatoms. The summed E-state index contributed by atoms with van der Waals surface area (Å²) in [7, 11) is 1.62. The number of fused-ring (bicyclic) bond motifs is 4. The summed E-state index contributed by atoms with van der Waals surface area (Å²) in [4.78, 5) is 67.0. The van der Waals surface area contributed by atoms with Gasteiger partial charge < -0.3 is 39.5 Å². The van der Waals surface area contributed by atoms with Gasteiger partial charge in [-0.15, -0.1) is 0 Å². The van der Waals surface area contributed by atoms with E-state index in [1.54, 1.807) is 65.4 Å². The highest BCUT2D eigenvalue weighted by molar-refractivity contribution is 6.12. The number of imidazole rings is 1. The van der Waals surface area contributed by atoms with E-state index in [2.05, 4.69) is 20.6 Å². The standard InChI is InChI=1S/C50H58N14O8/c1-8-62-37(21-29(4)57-62)46-53-28-35-34-24-32(44(51)65)26-40(70-18-13-17-69-7)42(34)60(47(35)55-46)15-11-12-16-61-43-36(54-50(61)56-48(67)38-22-30(5)58-63(38)9-2)25-33(45(52)66)27-41(43)71-19-14-20-72-49(68)39-23-31(6)59-64(39)10-3/h11-12,21-28H,8-10,13-20H2,1-7H3,(H2,51,65)(H2,52,66)(H,54,56,67)/b12-11+. The number of anilines is 1. The van der Waals surface area contributed by atoms with Crippen molar-refractivity contribution < 1.29 is 38.1 Å². The summed E-state index contributed by atoms with van der Waals surface area (Å²) in [5.74, 6) is -0.982. The van der Waals surface area contributed by atoms with Crippen molar-refractivity contribution in [2.75, 3.05) is 38.9 Å². The number of hydrogen-bond donors (Lipinski definition) is 3. The molecular formula is C50H58N14O8. The Morgan fingerprint density at radius 2 is 1.24 bits per heavy atom. The van der Waals surface area contributed by atoms with E-state index in [0.717, 1.165) is 11.4 Å². The van der Waals surface area contributed by atoms with Gasteiger partial charge in [-0.2, -0.15) is 15.3 Å². The monoisotopic (exact) mass is 982 g/mol. The van der Waals surface area contributed by atoms with Gasteiger partial charge in [0, 0.05) is 87.4 Å². The maximum Gasteiger partial charge on any atom is 0.356 e. The fraction of sp³-hybridized carbons (Fsp3) is 0.360. The summed E-state index contributed by atoms with van der Waals surface area (Å²) in [5, 5.41) is 17.7. The van der Waals surface area contributed by atoms with Crippen molar-refractivity contribution in [2.24, 2.45) is 11.5 Å². The number of carbonyl (C=O) groups excluding carboxylic acids is 4. The van der Waals surface area contributed by atoms with Gasteiger partial charge >= 0.3 is 5.97 Å². The number of primary amides is 2. The van der Waals surface area contributed by atoms with Gasteiger partial charge in [-0.25, -0.2) is 19.7 Å². The maximum atomic E-state index is 14.0. The Bertz CT molecular complexity index is 3370. The second kappa shape index (κ2) is 21.7. The average Bonchev–Trinajstić information content (AvgIpc) is 4.19. The number of nitrogens with one attached hydrogen (secondary N) is 1. The van der Waals surface area contributed by atoms with Crippen LogP contribution in [0.3, 0.4) is 0 Å². The molecule has 0 aliphatic heterocycles. The first-order valence-corrected chi connectivity index (χ1v) is 23.7. The largest absolute Gasteiger partial charge is 0.491 e. The summed E-state index contributed by atoms with van der Waals surface area (Å²) in [6, 6.07) is 11.7. The first-order valence-electron chi connectivity index (χ1n) is 23.7. The fourth-order valence-electron chi connectivity index (χ4n) is 8.55. The lowest BCUT2D eigenvalue weighted by Crippen LogP contribution is -2.20. The lowest BCUT2D eigenvalue weighted by Gasteiger charge is -2.13. The van der Waals surface area contributed by atoms with Gasteiger partial charge in [0.1, 0.15) is 39.7 Å². The number of esters is 1. The Morgan fingerprint density at radius 3 is 1.89 bits per heavy atom. The number of hydrogen-bond acceptors (Lipinski definition) is 14. The lowest BCUT2D eigenvalue weighted by atomic mass is 10.1. The Hall–Kier alpha value is -8.40. The van der Waals surface area contributed by atoms with Gasteiger partial charge in [-0.05, 0) is 84.0 Å². The van der Waals surface area contributed by atoms with Crippen molar-refractivity contribution >= 4 is 62.6 Å². The first-order chi connectivity index (χ1) is 34.7. The SMILES string of the molecule is CCn1nc(C)cc1C(=O)Nc1nc2cc(C(N)=O)cc(OCCCOC(=O)c3cc(C)nn3CC)c2n1C/C=C/Cn1c2nc(-c3cc(C)nn3CC)ncc2c2cc(C(N)=O)cc(OCCCOC)c21. The molecule has 6 aromatic heterocycles. The number of aryl methyl sites for hydroxylation is 6. The van der Waals surface area contributed by atoms with Crippen LogP contribution in [-0.4, -0.2) is 111 Å². The molecule has 0 saturated carbocycles.